The van der Waals surface area contributed by atoms with Crippen molar-refractivity contribution in [1.82, 2.24) is 14.5 Å². The van der Waals surface area contributed by atoms with Crippen molar-refractivity contribution in [2.24, 2.45) is 0 Å². The van der Waals surface area contributed by atoms with Crippen LogP contribution in [0.3, 0.4) is 0 Å². The number of nitrogens with zero attached hydrogens (tertiary/aromatic N) is 4. The van der Waals surface area contributed by atoms with Crippen LogP contribution in [-0.2, 0) is 17.5 Å². The van der Waals surface area contributed by atoms with Gasteiger partial charge in [0.25, 0.3) is 0 Å². The van der Waals surface area contributed by atoms with Crippen LogP contribution < -0.4 is 10.4 Å². The molecule has 0 saturated carbocycles. The Morgan fingerprint density at radius 1 is 1.10 bits per heavy atom. The van der Waals surface area contributed by atoms with E-state index < -0.39 is 11.7 Å². The minimum Gasteiger partial charge on any atom is -0.368 e. The predicted molar refractivity (Wildman–Crippen MR) is 108 cm³/mol. The van der Waals surface area contributed by atoms with Crippen molar-refractivity contribution < 1.29 is 18.0 Å². The number of benzene rings is 1. The highest BCUT2D eigenvalue weighted by Crippen LogP contribution is 2.29. The first kappa shape index (κ1) is 19.4. The van der Waals surface area contributed by atoms with Gasteiger partial charge in [-0.1, -0.05) is 11.5 Å². The van der Waals surface area contributed by atoms with E-state index in [1.165, 1.54) is 12.1 Å². The Morgan fingerprint density at radius 2 is 1.86 bits per heavy atom. The van der Waals surface area contributed by atoms with Gasteiger partial charge in [0.15, 0.2) is 0 Å². The Balaban J connectivity index is 1.40. The fraction of sp³-hybridized carbons (Fsp3) is 0.300. The molecule has 4 rings (SSSR count). The summed E-state index contributed by atoms with van der Waals surface area (Å²) in [4.78, 5) is 20.9. The first-order valence-corrected chi connectivity index (χ1v) is 9.43. The maximum Gasteiger partial charge on any atom is 0.416 e. The Bertz CT molecular complexity index is 1040. The lowest BCUT2D eigenvalue weighted by Crippen LogP contribution is -2.50. The van der Waals surface area contributed by atoms with E-state index in [1.807, 2.05) is 33.9 Å². The molecule has 9 heteroatoms. The number of amides is 1. The third-order valence-electron chi connectivity index (χ3n) is 5.33. The van der Waals surface area contributed by atoms with Gasteiger partial charge in [-0.05, 0) is 30.3 Å². The van der Waals surface area contributed by atoms with Crippen LogP contribution in [-0.4, -0.2) is 54.4 Å². The summed E-state index contributed by atoms with van der Waals surface area (Å²) < 4.78 is 40.4. The molecule has 1 aliphatic heterocycles. The fourth-order valence-corrected chi connectivity index (χ4v) is 3.78. The normalized spacial score (nSPS) is 15.1. The van der Waals surface area contributed by atoms with Gasteiger partial charge in [-0.25, -0.2) is 4.98 Å². The van der Waals surface area contributed by atoms with E-state index >= 15 is 0 Å². The molecule has 1 aliphatic rings. The molecule has 5 nitrogen and oxygen atoms in total. The van der Waals surface area contributed by atoms with Crippen molar-refractivity contribution in [1.29, 1.82) is 0 Å². The predicted octanol–water partition coefficient (Wildman–Crippen LogP) is 1.66. The minimum absolute atomic E-state index is 0.0111. The number of fused-ring (bicyclic) bond motifs is 1. The zero-order valence-electron chi connectivity index (χ0n) is 16.0. The van der Waals surface area contributed by atoms with Crippen LogP contribution in [0.1, 0.15) is 5.56 Å². The third kappa shape index (κ3) is 3.94. The third-order valence-corrected chi connectivity index (χ3v) is 5.33. The molecule has 0 bridgehead atoms. The molecule has 0 aliphatic carbocycles. The van der Waals surface area contributed by atoms with Gasteiger partial charge in [0.05, 0.1) is 5.56 Å². The number of carbonyl (C=O) groups excluding carboxylic acids is 1. The molecule has 3 heterocycles. The maximum absolute atomic E-state index is 12.9. The Kier molecular flexibility index (Phi) is 4.98. The average molecular weight is 400 g/mol. The Hall–Kier alpha value is -2.97. The summed E-state index contributed by atoms with van der Waals surface area (Å²) >= 11 is 0. The first-order valence-electron chi connectivity index (χ1n) is 9.43. The first-order chi connectivity index (χ1) is 13.8. The van der Waals surface area contributed by atoms with Gasteiger partial charge in [0, 0.05) is 49.6 Å². The zero-order chi connectivity index (χ0) is 20.6. The van der Waals surface area contributed by atoms with E-state index in [0.29, 0.717) is 31.6 Å². The highest BCUT2D eigenvalue weighted by molar-refractivity contribution is 6.36. The maximum atomic E-state index is 12.9. The number of hydrogen-bond donors (Lipinski definition) is 0. The van der Waals surface area contributed by atoms with Crippen molar-refractivity contribution in [2.75, 3.05) is 31.1 Å². The van der Waals surface area contributed by atoms with E-state index in [0.717, 1.165) is 22.8 Å². The number of hydrogen-bond acceptors (Lipinski definition) is 3. The van der Waals surface area contributed by atoms with Crippen molar-refractivity contribution in [3.8, 4) is 0 Å². The zero-order valence-corrected chi connectivity index (χ0v) is 16.0. The van der Waals surface area contributed by atoms with Crippen molar-refractivity contribution >= 4 is 35.9 Å². The lowest BCUT2D eigenvalue weighted by Gasteiger charge is -2.37. The van der Waals surface area contributed by atoms with E-state index in [2.05, 4.69) is 4.98 Å². The summed E-state index contributed by atoms with van der Waals surface area (Å²) in [6.45, 7) is 2.46. The quantitative estimate of drug-likeness (QED) is 0.629. The number of alkyl halides is 3. The van der Waals surface area contributed by atoms with Crippen LogP contribution in [0.25, 0.3) is 11.0 Å². The molecule has 3 aromatic rings. The largest absolute Gasteiger partial charge is 0.416 e. The van der Waals surface area contributed by atoms with Gasteiger partial charge in [0.2, 0.25) is 5.91 Å². The molecule has 1 amide bonds. The number of anilines is 1. The lowest BCUT2D eigenvalue weighted by molar-refractivity contribution is -0.137. The van der Waals surface area contributed by atoms with Gasteiger partial charge < -0.3 is 14.4 Å². The molecule has 0 radical (unpaired) electrons. The van der Waals surface area contributed by atoms with Gasteiger partial charge in [-0.15, -0.1) is 0 Å². The number of pyridine rings is 1. The summed E-state index contributed by atoms with van der Waals surface area (Å²) in [7, 11) is 1.69. The van der Waals surface area contributed by atoms with Crippen LogP contribution in [0, 0.1) is 0 Å². The molecule has 0 unspecified atom stereocenters. The summed E-state index contributed by atoms with van der Waals surface area (Å²) in [6, 6.07) is 9.56. The number of rotatable bonds is 3. The highest BCUT2D eigenvalue weighted by Gasteiger charge is 2.31. The van der Waals surface area contributed by atoms with Gasteiger partial charge >= 0.3 is 6.18 Å². The molecule has 2 aromatic heterocycles. The molecule has 0 N–H and O–H groups in total. The average Bonchev–Trinajstić information content (AvgIpc) is 3.10. The summed E-state index contributed by atoms with van der Waals surface area (Å²) in [5.74, 6) is 0.0111. The monoisotopic (exact) mass is 400 g/mol. The number of carbonyl (C=O) groups is 1. The van der Waals surface area contributed by atoms with Gasteiger partial charge in [-0.3, -0.25) is 4.79 Å². The van der Waals surface area contributed by atoms with Crippen molar-refractivity contribution in [3.63, 3.8) is 0 Å². The number of halogens is 3. The molecule has 0 atom stereocenters. The van der Waals surface area contributed by atoms with Crippen LogP contribution in [0.15, 0.2) is 48.8 Å². The van der Waals surface area contributed by atoms with Crippen molar-refractivity contribution in [2.45, 2.75) is 12.7 Å². The molecular formula is C20H20BF3N4O. The fourth-order valence-electron chi connectivity index (χ4n) is 3.78. The van der Waals surface area contributed by atoms with Crippen LogP contribution in [0.2, 0.25) is 0 Å². The summed E-state index contributed by atoms with van der Waals surface area (Å²) in [5, 5.41) is 0.989. The SMILES string of the molecule is Bc1cc(C(F)(F)F)ccc1N1CCN(C(=O)Cn2ccc3cccnc32)CC1. The van der Waals surface area contributed by atoms with Gasteiger partial charge in [0.1, 0.15) is 20.0 Å². The smallest absolute Gasteiger partial charge is 0.368 e. The van der Waals surface area contributed by atoms with E-state index in [4.69, 9.17) is 0 Å². The molecular weight excluding hydrogens is 380 g/mol. The molecule has 29 heavy (non-hydrogen) atoms. The molecule has 0 spiro atoms. The van der Waals surface area contributed by atoms with Crippen LogP contribution >= 0.6 is 0 Å². The summed E-state index contributed by atoms with van der Waals surface area (Å²) in [6.07, 6.45) is -0.780. The summed E-state index contributed by atoms with van der Waals surface area (Å²) in [5.41, 5.74) is 1.51. The number of aromatic nitrogens is 2. The van der Waals surface area contributed by atoms with E-state index in [-0.39, 0.29) is 12.5 Å². The molecule has 1 fully saturated rings. The second kappa shape index (κ2) is 7.46. The van der Waals surface area contributed by atoms with Crippen LogP contribution in [0.5, 0.6) is 0 Å². The second-order valence-corrected chi connectivity index (χ2v) is 7.23. The van der Waals surface area contributed by atoms with Gasteiger partial charge in [-0.2, -0.15) is 13.2 Å². The second-order valence-electron chi connectivity index (χ2n) is 7.23. The molecule has 1 saturated heterocycles. The Labute approximate surface area is 167 Å². The Morgan fingerprint density at radius 3 is 2.55 bits per heavy atom. The van der Waals surface area contributed by atoms with E-state index in [9.17, 15) is 18.0 Å². The number of piperazine rings is 1. The standard InChI is InChI=1S/C20H20BF3N4O/c21-16-12-15(20(22,23)24)3-4-17(16)26-8-10-27(11-9-26)18(29)13-28-7-5-14-2-1-6-25-19(14)28/h1-7,12H,8-11,13,21H2. The minimum atomic E-state index is -4.34. The molecule has 1 aromatic carbocycles. The lowest BCUT2D eigenvalue weighted by atomic mass is 9.91. The molecule has 150 valence electrons. The van der Waals surface area contributed by atoms with Crippen LogP contribution in [0.4, 0.5) is 18.9 Å². The van der Waals surface area contributed by atoms with Crippen molar-refractivity contribution in [3.05, 3.63) is 54.4 Å². The topological polar surface area (TPSA) is 41.4 Å². The highest BCUT2D eigenvalue weighted by atomic mass is 19.4. The van der Waals surface area contributed by atoms with E-state index in [1.54, 1.807) is 18.9 Å².